The Kier molecular flexibility index (Phi) is 5.65. The van der Waals surface area contributed by atoms with E-state index in [2.05, 4.69) is 6.07 Å². The topological polar surface area (TPSA) is 73.6 Å². The van der Waals surface area contributed by atoms with E-state index in [-0.39, 0.29) is 30.5 Å². The molecule has 2 aromatic carbocycles. The Morgan fingerprint density at radius 2 is 1.79 bits per heavy atom. The first kappa shape index (κ1) is 19.4. The fourth-order valence-corrected chi connectivity index (χ4v) is 3.20. The van der Waals surface area contributed by atoms with Crippen LogP contribution in [-0.2, 0) is 4.79 Å². The zero-order valence-corrected chi connectivity index (χ0v) is 16.3. The molecule has 0 aliphatic carbocycles. The second kappa shape index (κ2) is 8.13. The number of ether oxygens (including phenoxy) is 1. The van der Waals surface area contributed by atoms with Crippen molar-refractivity contribution in [2.24, 2.45) is 0 Å². The van der Waals surface area contributed by atoms with Gasteiger partial charge in [-0.05, 0) is 69.3 Å². The molecule has 0 N–H and O–H groups in total. The van der Waals surface area contributed by atoms with Gasteiger partial charge in [-0.3, -0.25) is 9.59 Å². The van der Waals surface area contributed by atoms with Crippen molar-refractivity contribution in [3.8, 4) is 11.8 Å². The van der Waals surface area contributed by atoms with E-state index in [1.165, 1.54) is 0 Å². The highest BCUT2D eigenvalue weighted by Crippen LogP contribution is 2.23. The minimum absolute atomic E-state index is 0.0181. The Labute approximate surface area is 164 Å². The van der Waals surface area contributed by atoms with Crippen molar-refractivity contribution in [3.05, 3.63) is 59.7 Å². The van der Waals surface area contributed by atoms with E-state index < -0.39 is 0 Å². The number of hydrogen-bond donors (Lipinski definition) is 0. The SMILES string of the molecule is CC(C)Oc1ccc(C(=O)N2CC(=O)N(c3ccc(C#N)cc3)C[C@H]2C)cc1. The molecule has 6 nitrogen and oxygen atoms in total. The maximum Gasteiger partial charge on any atom is 0.254 e. The first-order chi connectivity index (χ1) is 13.4. The number of carbonyl (C=O) groups excluding carboxylic acids is 2. The third-order valence-corrected chi connectivity index (χ3v) is 4.63. The lowest BCUT2D eigenvalue weighted by Crippen LogP contribution is -2.57. The molecule has 2 amide bonds. The molecular weight excluding hydrogens is 354 g/mol. The molecule has 0 aromatic heterocycles. The van der Waals surface area contributed by atoms with Crippen molar-refractivity contribution in [2.75, 3.05) is 18.0 Å². The molecular formula is C22H23N3O3. The van der Waals surface area contributed by atoms with Gasteiger partial charge in [-0.2, -0.15) is 5.26 Å². The van der Waals surface area contributed by atoms with Gasteiger partial charge in [-0.15, -0.1) is 0 Å². The molecule has 28 heavy (non-hydrogen) atoms. The van der Waals surface area contributed by atoms with Gasteiger partial charge in [-0.1, -0.05) is 0 Å². The van der Waals surface area contributed by atoms with Crippen LogP contribution in [0, 0.1) is 11.3 Å². The summed E-state index contributed by atoms with van der Waals surface area (Å²) in [5, 5.41) is 8.91. The molecule has 0 spiro atoms. The average molecular weight is 377 g/mol. The highest BCUT2D eigenvalue weighted by atomic mass is 16.5. The summed E-state index contributed by atoms with van der Waals surface area (Å²) in [6, 6.07) is 15.8. The van der Waals surface area contributed by atoms with Gasteiger partial charge in [0.2, 0.25) is 5.91 Å². The van der Waals surface area contributed by atoms with Crippen molar-refractivity contribution in [1.82, 2.24) is 4.90 Å². The molecule has 0 unspecified atom stereocenters. The third kappa shape index (κ3) is 4.15. The molecule has 1 aliphatic rings. The van der Waals surface area contributed by atoms with Crippen LogP contribution in [0.4, 0.5) is 5.69 Å². The van der Waals surface area contributed by atoms with E-state index in [0.717, 1.165) is 5.69 Å². The second-order valence-corrected chi connectivity index (χ2v) is 7.14. The normalized spacial score (nSPS) is 16.8. The monoisotopic (exact) mass is 377 g/mol. The quantitative estimate of drug-likeness (QED) is 0.820. The van der Waals surface area contributed by atoms with E-state index in [4.69, 9.17) is 10.00 Å². The minimum atomic E-state index is -0.170. The van der Waals surface area contributed by atoms with E-state index >= 15 is 0 Å². The van der Waals surface area contributed by atoms with Gasteiger partial charge < -0.3 is 14.5 Å². The molecule has 2 aromatic rings. The maximum absolute atomic E-state index is 12.9. The average Bonchev–Trinajstić information content (AvgIpc) is 2.69. The lowest BCUT2D eigenvalue weighted by molar-refractivity contribution is -0.121. The van der Waals surface area contributed by atoms with Crippen LogP contribution < -0.4 is 9.64 Å². The standard InChI is InChI=1S/C22H23N3O3/c1-15(2)28-20-10-6-18(7-11-20)22(27)24-14-21(26)25(13-16(24)3)19-8-4-17(12-23)5-9-19/h4-11,15-16H,13-14H2,1-3H3/t16-/m1/s1. The van der Waals surface area contributed by atoms with Crippen LogP contribution >= 0.6 is 0 Å². The fourth-order valence-electron chi connectivity index (χ4n) is 3.20. The lowest BCUT2D eigenvalue weighted by Gasteiger charge is -2.39. The molecule has 0 bridgehead atoms. The molecule has 1 atom stereocenters. The number of carbonyl (C=O) groups is 2. The second-order valence-electron chi connectivity index (χ2n) is 7.14. The summed E-state index contributed by atoms with van der Waals surface area (Å²) in [4.78, 5) is 28.8. The van der Waals surface area contributed by atoms with Crippen LogP contribution in [0.2, 0.25) is 0 Å². The van der Waals surface area contributed by atoms with Crippen LogP contribution in [-0.4, -0.2) is 41.9 Å². The van der Waals surface area contributed by atoms with Gasteiger partial charge in [0, 0.05) is 23.8 Å². The first-order valence-electron chi connectivity index (χ1n) is 9.27. The van der Waals surface area contributed by atoms with Crippen LogP contribution in [0.5, 0.6) is 5.75 Å². The summed E-state index contributed by atoms with van der Waals surface area (Å²) in [6.07, 6.45) is 0.0643. The summed E-state index contributed by atoms with van der Waals surface area (Å²) in [6.45, 7) is 6.24. The van der Waals surface area contributed by atoms with Crippen LogP contribution in [0.1, 0.15) is 36.7 Å². The smallest absolute Gasteiger partial charge is 0.254 e. The zero-order valence-electron chi connectivity index (χ0n) is 16.3. The molecule has 6 heteroatoms. The van der Waals surface area contributed by atoms with Gasteiger partial charge in [0.25, 0.3) is 5.91 Å². The minimum Gasteiger partial charge on any atom is -0.491 e. The summed E-state index contributed by atoms with van der Waals surface area (Å²) >= 11 is 0. The zero-order chi connectivity index (χ0) is 20.3. The number of piperazine rings is 1. The Bertz CT molecular complexity index is 898. The van der Waals surface area contributed by atoms with Gasteiger partial charge in [0.15, 0.2) is 0 Å². The van der Waals surface area contributed by atoms with Crippen molar-refractivity contribution < 1.29 is 14.3 Å². The molecule has 0 saturated carbocycles. The largest absolute Gasteiger partial charge is 0.491 e. The van der Waals surface area contributed by atoms with E-state index in [1.54, 1.807) is 58.3 Å². The predicted molar refractivity (Wildman–Crippen MR) is 106 cm³/mol. The van der Waals surface area contributed by atoms with Crippen LogP contribution in [0.3, 0.4) is 0 Å². The fraction of sp³-hybridized carbons (Fsp3) is 0.318. The Hall–Kier alpha value is -3.33. The molecule has 1 heterocycles. The van der Waals surface area contributed by atoms with E-state index in [9.17, 15) is 9.59 Å². The number of anilines is 1. The Balaban J connectivity index is 1.72. The van der Waals surface area contributed by atoms with Crippen LogP contribution in [0.25, 0.3) is 0 Å². The molecule has 1 fully saturated rings. The predicted octanol–water partition coefficient (Wildman–Crippen LogP) is 3.22. The summed E-state index contributed by atoms with van der Waals surface area (Å²) in [5.74, 6) is 0.397. The number of hydrogen-bond acceptors (Lipinski definition) is 4. The van der Waals surface area contributed by atoms with Gasteiger partial charge in [0.1, 0.15) is 12.3 Å². The van der Waals surface area contributed by atoms with Gasteiger partial charge in [0.05, 0.1) is 17.7 Å². The molecule has 1 saturated heterocycles. The van der Waals surface area contributed by atoms with Crippen molar-refractivity contribution in [2.45, 2.75) is 32.9 Å². The van der Waals surface area contributed by atoms with Crippen molar-refractivity contribution in [3.63, 3.8) is 0 Å². The van der Waals surface area contributed by atoms with E-state index in [0.29, 0.717) is 23.4 Å². The molecule has 144 valence electrons. The summed E-state index contributed by atoms with van der Waals surface area (Å²) in [5.41, 5.74) is 1.81. The lowest BCUT2D eigenvalue weighted by atomic mass is 10.1. The Morgan fingerprint density at radius 1 is 1.14 bits per heavy atom. The molecule has 3 rings (SSSR count). The maximum atomic E-state index is 12.9. The van der Waals surface area contributed by atoms with Gasteiger partial charge >= 0.3 is 0 Å². The third-order valence-electron chi connectivity index (χ3n) is 4.63. The number of nitriles is 1. The summed E-state index contributed by atoms with van der Waals surface area (Å²) in [7, 11) is 0. The molecule has 1 aliphatic heterocycles. The summed E-state index contributed by atoms with van der Waals surface area (Å²) < 4.78 is 5.61. The number of nitrogens with zero attached hydrogens (tertiary/aromatic N) is 3. The highest BCUT2D eigenvalue weighted by molar-refractivity contribution is 6.02. The van der Waals surface area contributed by atoms with Gasteiger partial charge in [-0.25, -0.2) is 0 Å². The van der Waals surface area contributed by atoms with Crippen molar-refractivity contribution in [1.29, 1.82) is 5.26 Å². The first-order valence-corrected chi connectivity index (χ1v) is 9.27. The number of rotatable bonds is 4. The number of amides is 2. The number of benzene rings is 2. The van der Waals surface area contributed by atoms with E-state index in [1.807, 2.05) is 20.8 Å². The van der Waals surface area contributed by atoms with Crippen LogP contribution in [0.15, 0.2) is 48.5 Å². The Morgan fingerprint density at radius 3 is 2.36 bits per heavy atom. The van der Waals surface area contributed by atoms with Crippen molar-refractivity contribution >= 4 is 17.5 Å². The molecule has 0 radical (unpaired) electrons. The highest BCUT2D eigenvalue weighted by Gasteiger charge is 2.33.